The van der Waals surface area contributed by atoms with Gasteiger partial charge in [0.2, 0.25) is 0 Å². The van der Waals surface area contributed by atoms with Gasteiger partial charge in [-0.1, -0.05) is 6.08 Å². The minimum Gasteiger partial charge on any atom is -0.496 e. The van der Waals surface area contributed by atoms with Gasteiger partial charge in [-0.15, -0.1) is 0 Å². The smallest absolute Gasteiger partial charge is 0.320 e. The summed E-state index contributed by atoms with van der Waals surface area (Å²) in [6.45, 7) is 2.95. The fourth-order valence-corrected chi connectivity index (χ4v) is 3.76. The predicted molar refractivity (Wildman–Crippen MR) is 109 cm³/mol. The number of carboxylic acid groups (broad SMARTS) is 1. The molecule has 0 spiro atoms. The number of methoxy groups -OCH3 is 1. The number of hydrogen-bond acceptors (Lipinski definition) is 4. The maximum Gasteiger partial charge on any atom is 0.320 e. The summed E-state index contributed by atoms with van der Waals surface area (Å²) in [4.78, 5) is 20.9. The largest absolute Gasteiger partial charge is 0.496 e. The number of carbonyl (C=O) groups is 1. The lowest BCUT2D eigenvalue weighted by Crippen LogP contribution is -2.41. The van der Waals surface area contributed by atoms with E-state index in [4.69, 9.17) is 4.74 Å². The number of fused-ring (bicyclic) bond motifs is 1. The number of carboxylic acids is 1. The van der Waals surface area contributed by atoms with Crippen molar-refractivity contribution in [3.05, 3.63) is 54.1 Å². The highest BCUT2D eigenvalue weighted by molar-refractivity contribution is 5.96. The normalized spacial score (nSPS) is 15.9. The highest BCUT2D eigenvalue weighted by atomic mass is 19.1. The first kappa shape index (κ1) is 19.1. The van der Waals surface area contributed by atoms with Crippen molar-refractivity contribution in [3.8, 4) is 16.9 Å². The van der Waals surface area contributed by atoms with Crippen molar-refractivity contribution in [2.45, 2.75) is 19.4 Å². The van der Waals surface area contributed by atoms with Crippen molar-refractivity contribution in [1.82, 2.24) is 14.9 Å². The molecule has 0 saturated carbocycles. The van der Waals surface area contributed by atoms with Gasteiger partial charge in [-0.25, -0.2) is 9.37 Å². The molecule has 1 atom stereocenters. The third-order valence-electron chi connectivity index (χ3n) is 5.48. The van der Waals surface area contributed by atoms with E-state index >= 15 is 0 Å². The summed E-state index contributed by atoms with van der Waals surface area (Å²) in [5, 5.41) is 10.1. The molecule has 29 heavy (non-hydrogen) atoms. The number of pyridine rings is 1. The second kappa shape index (κ2) is 7.67. The Hall–Kier alpha value is -3.19. The number of halogens is 1. The van der Waals surface area contributed by atoms with E-state index in [1.165, 1.54) is 12.1 Å². The molecule has 1 aromatic carbocycles. The molecule has 1 aliphatic heterocycles. The Balaban J connectivity index is 1.71. The van der Waals surface area contributed by atoms with E-state index in [1.54, 1.807) is 26.3 Å². The van der Waals surface area contributed by atoms with Crippen molar-refractivity contribution in [2.24, 2.45) is 0 Å². The maximum atomic E-state index is 13.9. The third-order valence-corrected chi connectivity index (χ3v) is 5.48. The first-order valence-electron chi connectivity index (χ1n) is 9.46. The number of nitrogens with zero attached hydrogens (tertiary/aromatic N) is 2. The quantitative estimate of drug-likeness (QED) is 0.684. The lowest BCUT2D eigenvalue weighted by atomic mass is 10.0. The molecule has 2 N–H and O–H groups in total. The number of nitrogens with one attached hydrogen (secondary N) is 1. The monoisotopic (exact) mass is 395 g/mol. The number of aromatic amines is 1. The first-order chi connectivity index (χ1) is 14.0. The minimum atomic E-state index is -0.814. The molecule has 0 radical (unpaired) electrons. The van der Waals surface area contributed by atoms with Crippen molar-refractivity contribution in [3.63, 3.8) is 0 Å². The van der Waals surface area contributed by atoms with Gasteiger partial charge in [-0.2, -0.15) is 0 Å². The van der Waals surface area contributed by atoms with Gasteiger partial charge in [0.05, 0.1) is 7.11 Å². The molecule has 4 rings (SSSR count). The minimum absolute atomic E-state index is 0.329. The first-order valence-corrected chi connectivity index (χ1v) is 9.46. The van der Waals surface area contributed by atoms with Crippen LogP contribution in [-0.4, -0.2) is 52.2 Å². The molecule has 0 fully saturated rings. The summed E-state index contributed by atoms with van der Waals surface area (Å²) in [6, 6.07) is 7.81. The summed E-state index contributed by atoms with van der Waals surface area (Å²) >= 11 is 0. The zero-order valence-corrected chi connectivity index (χ0v) is 16.3. The molecule has 6 nitrogen and oxygen atoms in total. The highest BCUT2D eigenvalue weighted by Gasteiger charge is 2.23. The molecular weight excluding hydrogens is 373 g/mol. The summed E-state index contributed by atoms with van der Waals surface area (Å²) in [6.07, 6.45) is 4.48. The van der Waals surface area contributed by atoms with Gasteiger partial charge in [0.25, 0.3) is 0 Å². The van der Waals surface area contributed by atoms with Gasteiger partial charge >= 0.3 is 5.97 Å². The summed E-state index contributed by atoms with van der Waals surface area (Å²) in [5.74, 6) is -0.550. The lowest BCUT2D eigenvalue weighted by Gasteiger charge is -2.29. The van der Waals surface area contributed by atoms with Crippen LogP contribution in [0, 0.1) is 5.82 Å². The second-order valence-corrected chi connectivity index (χ2v) is 7.14. The number of aromatic nitrogens is 2. The van der Waals surface area contributed by atoms with Gasteiger partial charge in [-0.3, -0.25) is 9.69 Å². The van der Waals surface area contributed by atoms with Crippen LogP contribution < -0.4 is 4.74 Å². The third kappa shape index (κ3) is 3.61. The molecule has 150 valence electrons. The van der Waals surface area contributed by atoms with Gasteiger partial charge in [0.15, 0.2) is 0 Å². The zero-order chi connectivity index (χ0) is 20.5. The van der Waals surface area contributed by atoms with Gasteiger partial charge in [-0.05, 0) is 54.8 Å². The molecule has 2 aromatic heterocycles. The number of rotatable bonds is 5. The number of H-pyrrole nitrogens is 1. The van der Waals surface area contributed by atoms with Gasteiger partial charge in [0, 0.05) is 35.9 Å². The molecule has 3 aromatic rings. The zero-order valence-electron chi connectivity index (χ0n) is 16.3. The van der Waals surface area contributed by atoms with Crippen LogP contribution in [0.3, 0.4) is 0 Å². The van der Waals surface area contributed by atoms with Crippen molar-refractivity contribution >= 4 is 22.6 Å². The summed E-state index contributed by atoms with van der Waals surface area (Å²) in [7, 11) is 1.56. The fourth-order valence-electron chi connectivity index (χ4n) is 3.76. The standard InChI is InChI=1S/C22H22FN3O3/c1-13(22(27)28)26-9-6-14(7-10-26)19-12-18-16(5-8-24-21(18)25-19)17-11-15(23)3-4-20(17)29-2/h3-6,8,11-13H,7,9-10H2,1-2H3,(H,24,25)(H,27,28). The fraction of sp³-hybridized carbons (Fsp3) is 0.273. The number of hydrogen-bond donors (Lipinski definition) is 2. The van der Waals surface area contributed by atoms with Crippen molar-refractivity contribution < 1.29 is 19.0 Å². The Bertz CT molecular complexity index is 1110. The van der Waals surface area contributed by atoms with Gasteiger partial charge < -0.3 is 14.8 Å². The SMILES string of the molecule is COc1ccc(F)cc1-c1ccnc2[nH]c(C3=CCN(C(C)C(=O)O)CC3)cc12. The van der Waals surface area contributed by atoms with Crippen molar-refractivity contribution in [2.75, 3.05) is 20.2 Å². The molecule has 1 aliphatic rings. The van der Waals surface area contributed by atoms with Crippen LogP contribution in [0.25, 0.3) is 27.7 Å². The number of ether oxygens (including phenoxy) is 1. The molecule has 0 amide bonds. The van der Waals surface area contributed by atoms with E-state index in [9.17, 15) is 14.3 Å². The Morgan fingerprint density at radius 2 is 2.14 bits per heavy atom. The molecule has 3 heterocycles. The van der Waals surface area contributed by atoms with E-state index in [-0.39, 0.29) is 5.82 Å². The van der Waals surface area contributed by atoms with Crippen LogP contribution in [-0.2, 0) is 4.79 Å². The van der Waals surface area contributed by atoms with Crippen LogP contribution in [0.4, 0.5) is 4.39 Å². The molecule has 0 bridgehead atoms. The average Bonchev–Trinajstić information content (AvgIpc) is 3.17. The van der Waals surface area contributed by atoms with E-state index in [0.29, 0.717) is 30.0 Å². The van der Waals surface area contributed by atoms with E-state index in [0.717, 1.165) is 28.6 Å². The Morgan fingerprint density at radius 3 is 2.83 bits per heavy atom. The van der Waals surface area contributed by atoms with Crippen LogP contribution in [0.2, 0.25) is 0 Å². The van der Waals surface area contributed by atoms with Gasteiger partial charge in [0.1, 0.15) is 23.3 Å². The van der Waals surface area contributed by atoms with Crippen molar-refractivity contribution in [1.29, 1.82) is 0 Å². The average molecular weight is 395 g/mol. The molecule has 7 heteroatoms. The molecule has 1 unspecified atom stereocenters. The number of benzene rings is 1. The summed E-state index contributed by atoms with van der Waals surface area (Å²) in [5.41, 5.74) is 4.29. The number of aliphatic carboxylic acids is 1. The lowest BCUT2D eigenvalue weighted by molar-refractivity contribution is -0.142. The molecular formula is C22H22FN3O3. The molecule has 0 saturated heterocycles. The van der Waals surface area contributed by atoms with Crippen LogP contribution >= 0.6 is 0 Å². The Morgan fingerprint density at radius 1 is 1.31 bits per heavy atom. The predicted octanol–water partition coefficient (Wildman–Crippen LogP) is 3.94. The highest BCUT2D eigenvalue weighted by Crippen LogP contribution is 2.36. The van der Waals surface area contributed by atoms with E-state index in [1.807, 2.05) is 17.0 Å². The van der Waals surface area contributed by atoms with Crippen LogP contribution in [0.15, 0.2) is 42.6 Å². The summed E-state index contributed by atoms with van der Waals surface area (Å²) < 4.78 is 19.3. The topological polar surface area (TPSA) is 78.5 Å². The molecule has 0 aliphatic carbocycles. The van der Waals surface area contributed by atoms with E-state index in [2.05, 4.69) is 16.0 Å². The Labute approximate surface area is 167 Å². The van der Waals surface area contributed by atoms with Crippen LogP contribution in [0.5, 0.6) is 5.75 Å². The van der Waals surface area contributed by atoms with E-state index < -0.39 is 12.0 Å². The Kier molecular flexibility index (Phi) is 5.07. The second-order valence-electron chi connectivity index (χ2n) is 7.14. The van der Waals surface area contributed by atoms with Crippen LogP contribution in [0.1, 0.15) is 19.0 Å². The maximum absolute atomic E-state index is 13.9.